The van der Waals surface area contributed by atoms with E-state index in [0.717, 1.165) is 24.8 Å². The second-order valence-electron chi connectivity index (χ2n) is 4.55. The van der Waals surface area contributed by atoms with Gasteiger partial charge in [-0.2, -0.15) is 0 Å². The SMILES string of the molecule is COC1CCCC(C)N1C(=O)c1ccccc1. The minimum Gasteiger partial charge on any atom is -0.362 e. The van der Waals surface area contributed by atoms with Crippen molar-refractivity contribution >= 4 is 5.91 Å². The van der Waals surface area contributed by atoms with Crippen LogP contribution in [0.4, 0.5) is 0 Å². The van der Waals surface area contributed by atoms with E-state index in [1.54, 1.807) is 7.11 Å². The van der Waals surface area contributed by atoms with Crippen LogP contribution in [0.3, 0.4) is 0 Å². The Morgan fingerprint density at radius 3 is 2.65 bits per heavy atom. The minimum absolute atomic E-state index is 0.0738. The van der Waals surface area contributed by atoms with Gasteiger partial charge in [-0.1, -0.05) is 18.2 Å². The van der Waals surface area contributed by atoms with Crippen LogP contribution in [0.25, 0.3) is 0 Å². The second kappa shape index (κ2) is 5.32. The highest BCUT2D eigenvalue weighted by Crippen LogP contribution is 2.25. The topological polar surface area (TPSA) is 29.5 Å². The van der Waals surface area contributed by atoms with Crippen molar-refractivity contribution in [2.24, 2.45) is 0 Å². The van der Waals surface area contributed by atoms with Crippen molar-refractivity contribution in [2.45, 2.75) is 38.5 Å². The quantitative estimate of drug-likeness (QED) is 0.786. The number of carbonyl (C=O) groups is 1. The Morgan fingerprint density at radius 1 is 1.29 bits per heavy atom. The number of likely N-dealkylation sites (tertiary alicyclic amines) is 1. The van der Waals surface area contributed by atoms with Gasteiger partial charge in [0.25, 0.3) is 5.91 Å². The van der Waals surface area contributed by atoms with E-state index in [9.17, 15) is 4.79 Å². The average molecular weight is 233 g/mol. The molecule has 1 aromatic carbocycles. The van der Waals surface area contributed by atoms with E-state index in [1.165, 1.54) is 0 Å². The standard InChI is InChI=1S/C14H19NO2/c1-11-7-6-10-13(17-2)15(11)14(16)12-8-4-3-5-9-12/h3-5,8-9,11,13H,6-7,10H2,1-2H3. The Hall–Kier alpha value is -1.35. The zero-order valence-corrected chi connectivity index (χ0v) is 10.4. The molecule has 92 valence electrons. The molecule has 0 aromatic heterocycles. The van der Waals surface area contributed by atoms with Crippen molar-refractivity contribution in [3.63, 3.8) is 0 Å². The molecular weight excluding hydrogens is 214 g/mol. The summed E-state index contributed by atoms with van der Waals surface area (Å²) in [6.45, 7) is 2.09. The number of rotatable bonds is 2. The normalized spacial score (nSPS) is 24.7. The van der Waals surface area contributed by atoms with Crippen LogP contribution in [-0.4, -0.2) is 30.2 Å². The molecule has 1 amide bonds. The monoisotopic (exact) mass is 233 g/mol. The van der Waals surface area contributed by atoms with E-state index in [-0.39, 0.29) is 18.2 Å². The fourth-order valence-electron chi connectivity index (χ4n) is 2.44. The number of ether oxygens (including phenoxy) is 1. The molecule has 1 aromatic rings. The molecule has 1 heterocycles. The van der Waals surface area contributed by atoms with E-state index in [1.807, 2.05) is 35.2 Å². The molecule has 17 heavy (non-hydrogen) atoms. The lowest BCUT2D eigenvalue weighted by Gasteiger charge is -2.39. The lowest BCUT2D eigenvalue weighted by molar-refractivity contribution is -0.0587. The molecule has 1 saturated heterocycles. The van der Waals surface area contributed by atoms with Gasteiger partial charge in [-0.05, 0) is 38.3 Å². The fraction of sp³-hybridized carbons (Fsp3) is 0.500. The fourth-order valence-corrected chi connectivity index (χ4v) is 2.44. The molecule has 0 spiro atoms. The number of nitrogens with zero attached hydrogens (tertiary/aromatic N) is 1. The van der Waals surface area contributed by atoms with Gasteiger partial charge in [0.2, 0.25) is 0 Å². The summed E-state index contributed by atoms with van der Waals surface area (Å²) in [5.41, 5.74) is 0.739. The predicted molar refractivity (Wildman–Crippen MR) is 66.7 cm³/mol. The summed E-state index contributed by atoms with van der Waals surface area (Å²) in [5.74, 6) is 0.0738. The van der Waals surface area contributed by atoms with Crippen molar-refractivity contribution in [3.05, 3.63) is 35.9 Å². The number of piperidine rings is 1. The van der Waals surface area contributed by atoms with Gasteiger partial charge in [0.1, 0.15) is 6.23 Å². The van der Waals surface area contributed by atoms with Crippen LogP contribution in [0, 0.1) is 0 Å². The molecule has 0 bridgehead atoms. The minimum atomic E-state index is -0.0774. The molecule has 0 aliphatic carbocycles. The first-order valence-corrected chi connectivity index (χ1v) is 6.14. The Balaban J connectivity index is 2.21. The summed E-state index contributed by atoms with van der Waals surface area (Å²) in [4.78, 5) is 14.3. The number of carbonyl (C=O) groups excluding carboxylic acids is 1. The molecule has 2 atom stereocenters. The average Bonchev–Trinajstić information content (AvgIpc) is 2.38. The third-order valence-corrected chi connectivity index (χ3v) is 3.39. The summed E-state index contributed by atoms with van der Waals surface area (Å²) in [7, 11) is 1.67. The van der Waals surface area contributed by atoms with Crippen LogP contribution >= 0.6 is 0 Å². The molecule has 3 nitrogen and oxygen atoms in total. The Bertz CT molecular complexity index is 377. The summed E-state index contributed by atoms with van der Waals surface area (Å²) >= 11 is 0. The van der Waals surface area contributed by atoms with Gasteiger partial charge in [-0.25, -0.2) is 0 Å². The van der Waals surface area contributed by atoms with Gasteiger partial charge >= 0.3 is 0 Å². The summed E-state index contributed by atoms with van der Waals surface area (Å²) in [6, 6.07) is 9.67. The molecule has 2 rings (SSSR count). The molecule has 0 saturated carbocycles. The Labute approximate surface area is 102 Å². The van der Waals surface area contributed by atoms with Crippen molar-refractivity contribution in [3.8, 4) is 0 Å². The van der Waals surface area contributed by atoms with Crippen LogP contribution < -0.4 is 0 Å². The zero-order valence-electron chi connectivity index (χ0n) is 10.4. The molecule has 3 heteroatoms. The van der Waals surface area contributed by atoms with Gasteiger partial charge in [0, 0.05) is 18.7 Å². The van der Waals surface area contributed by atoms with E-state index in [0.29, 0.717) is 0 Å². The first kappa shape index (κ1) is 12.1. The van der Waals surface area contributed by atoms with Gasteiger partial charge in [0.15, 0.2) is 0 Å². The van der Waals surface area contributed by atoms with Crippen LogP contribution in [-0.2, 0) is 4.74 Å². The van der Waals surface area contributed by atoms with Gasteiger partial charge in [0.05, 0.1) is 0 Å². The summed E-state index contributed by atoms with van der Waals surface area (Å²) in [6.07, 6.45) is 3.03. The van der Waals surface area contributed by atoms with Crippen molar-refractivity contribution in [1.29, 1.82) is 0 Å². The summed E-state index contributed by atoms with van der Waals surface area (Å²) in [5, 5.41) is 0. The van der Waals surface area contributed by atoms with Crippen LogP contribution in [0.2, 0.25) is 0 Å². The maximum Gasteiger partial charge on any atom is 0.256 e. The van der Waals surface area contributed by atoms with Crippen molar-refractivity contribution in [1.82, 2.24) is 4.90 Å². The highest BCUT2D eigenvalue weighted by molar-refractivity contribution is 5.94. The number of methoxy groups -OCH3 is 1. The molecular formula is C14H19NO2. The van der Waals surface area contributed by atoms with Crippen molar-refractivity contribution in [2.75, 3.05) is 7.11 Å². The van der Waals surface area contributed by atoms with Crippen LogP contribution in [0.1, 0.15) is 36.5 Å². The molecule has 0 radical (unpaired) electrons. The third-order valence-electron chi connectivity index (χ3n) is 3.39. The maximum absolute atomic E-state index is 12.4. The molecule has 1 fully saturated rings. The van der Waals surface area contributed by atoms with E-state index < -0.39 is 0 Å². The van der Waals surface area contributed by atoms with Gasteiger partial charge in [-0.3, -0.25) is 4.79 Å². The van der Waals surface area contributed by atoms with Gasteiger partial charge in [-0.15, -0.1) is 0 Å². The third kappa shape index (κ3) is 2.50. The number of hydrogen-bond acceptors (Lipinski definition) is 2. The van der Waals surface area contributed by atoms with Crippen LogP contribution in [0.15, 0.2) is 30.3 Å². The zero-order chi connectivity index (χ0) is 12.3. The molecule has 1 aliphatic heterocycles. The molecule has 0 N–H and O–H groups in total. The highest BCUT2D eigenvalue weighted by Gasteiger charge is 2.32. The highest BCUT2D eigenvalue weighted by atomic mass is 16.5. The Morgan fingerprint density at radius 2 is 2.00 bits per heavy atom. The lowest BCUT2D eigenvalue weighted by atomic mass is 10.0. The number of benzene rings is 1. The number of hydrogen-bond donors (Lipinski definition) is 0. The van der Waals surface area contributed by atoms with E-state index in [2.05, 4.69) is 6.92 Å². The van der Waals surface area contributed by atoms with Crippen LogP contribution in [0.5, 0.6) is 0 Å². The second-order valence-corrected chi connectivity index (χ2v) is 4.55. The Kier molecular flexibility index (Phi) is 3.79. The predicted octanol–water partition coefficient (Wildman–Crippen LogP) is 2.67. The maximum atomic E-state index is 12.4. The smallest absolute Gasteiger partial charge is 0.256 e. The van der Waals surface area contributed by atoms with E-state index in [4.69, 9.17) is 4.74 Å². The molecule has 2 unspecified atom stereocenters. The number of amides is 1. The lowest BCUT2D eigenvalue weighted by Crippen LogP contribution is -2.49. The largest absolute Gasteiger partial charge is 0.362 e. The summed E-state index contributed by atoms with van der Waals surface area (Å²) < 4.78 is 5.42. The first-order chi connectivity index (χ1) is 8.24. The van der Waals surface area contributed by atoms with Crippen molar-refractivity contribution < 1.29 is 9.53 Å². The first-order valence-electron chi connectivity index (χ1n) is 6.14. The molecule has 1 aliphatic rings. The van der Waals surface area contributed by atoms with Gasteiger partial charge < -0.3 is 9.64 Å². The van der Waals surface area contributed by atoms with E-state index >= 15 is 0 Å².